The Morgan fingerprint density at radius 1 is 1.26 bits per heavy atom. The number of hydrogen-bond acceptors (Lipinski definition) is 4. The maximum absolute atomic E-state index is 10.5. The van der Waals surface area contributed by atoms with Gasteiger partial charge in [0.2, 0.25) is 0 Å². The van der Waals surface area contributed by atoms with Gasteiger partial charge in [0.25, 0.3) is 0 Å². The van der Waals surface area contributed by atoms with E-state index < -0.39 is 5.97 Å². The summed E-state index contributed by atoms with van der Waals surface area (Å²) in [6, 6.07) is 9.86. The number of anilines is 1. The van der Waals surface area contributed by atoms with Gasteiger partial charge in [-0.15, -0.1) is 0 Å². The van der Waals surface area contributed by atoms with Crippen molar-refractivity contribution >= 4 is 11.8 Å². The average molecular weight is 257 g/mol. The molecule has 0 saturated carbocycles. The Labute approximate surface area is 111 Å². The van der Waals surface area contributed by atoms with Crippen LogP contribution in [0.4, 0.5) is 5.82 Å². The summed E-state index contributed by atoms with van der Waals surface area (Å²) in [6.45, 7) is 1.94. The van der Waals surface area contributed by atoms with Crippen LogP contribution in [0.25, 0.3) is 11.3 Å². The molecule has 0 aliphatic heterocycles. The smallest absolute Gasteiger partial charge is 0.322 e. The van der Waals surface area contributed by atoms with Crippen molar-refractivity contribution in [2.45, 2.75) is 13.3 Å². The van der Waals surface area contributed by atoms with Gasteiger partial charge in [-0.2, -0.15) is 0 Å². The van der Waals surface area contributed by atoms with Gasteiger partial charge >= 0.3 is 5.97 Å². The summed E-state index contributed by atoms with van der Waals surface area (Å²) in [5.41, 5.74) is 3.02. The van der Waals surface area contributed by atoms with E-state index in [2.05, 4.69) is 34.3 Å². The Kier molecular flexibility index (Phi) is 4.07. The Hall–Kier alpha value is -2.43. The quantitative estimate of drug-likeness (QED) is 0.858. The number of nitrogens with one attached hydrogen (secondary N) is 1. The van der Waals surface area contributed by atoms with Gasteiger partial charge in [0, 0.05) is 11.6 Å². The number of aryl methyl sites for hydroxylation is 1. The van der Waals surface area contributed by atoms with Gasteiger partial charge in [0.15, 0.2) is 0 Å². The van der Waals surface area contributed by atoms with Crippen LogP contribution in [0, 0.1) is 0 Å². The highest BCUT2D eigenvalue weighted by Gasteiger charge is 2.03. The molecule has 0 atom stereocenters. The monoisotopic (exact) mass is 257 g/mol. The van der Waals surface area contributed by atoms with E-state index in [1.54, 1.807) is 6.07 Å². The van der Waals surface area contributed by atoms with Crippen LogP contribution in [0.1, 0.15) is 12.5 Å². The van der Waals surface area contributed by atoms with Crippen molar-refractivity contribution in [2.75, 3.05) is 11.9 Å². The minimum atomic E-state index is -0.924. The summed E-state index contributed by atoms with van der Waals surface area (Å²) in [6.07, 6.45) is 2.42. The molecule has 0 fully saturated rings. The third-order valence-electron chi connectivity index (χ3n) is 2.75. The highest BCUT2D eigenvalue weighted by Crippen LogP contribution is 2.19. The van der Waals surface area contributed by atoms with E-state index in [1.807, 2.05) is 12.1 Å². The molecular weight excluding hydrogens is 242 g/mol. The zero-order valence-electron chi connectivity index (χ0n) is 10.6. The van der Waals surface area contributed by atoms with E-state index in [-0.39, 0.29) is 6.54 Å². The standard InChI is InChI=1S/C14H15N3O2/c1-2-10-3-5-11(6-4-10)12-7-13(17-9-16-12)15-8-14(18)19/h3-7,9H,2,8H2,1H3,(H,18,19)(H,15,16,17). The molecule has 0 saturated heterocycles. The number of carboxylic acid groups (broad SMARTS) is 1. The molecule has 2 aromatic rings. The molecule has 19 heavy (non-hydrogen) atoms. The van der Waals surface area contributed by atoms with Crippen LogP contribution in [0.3, 0.4) is 0 Å². The van der Waals surface area contributed by atoms with Crippen LogP contribution in [-0.2, 0) is 11.2 Å². The molecule has 0 radical (unpaired) electrons. The first kappa shape index (κ1) is 13.0. The fourth-order valence-electron chi connectivity index (χ4n) is 1.69. The van der Waals surface area contributed by atoms with Crippen molar-refractivity contribution in [3.8, 4) is 11.3 Å². The molecule has 0 amide bonds. The lowest BCUT2D eigenvalue weighted by atomic mass is 10.1. The number of rotatable bonds is 5. The zero-order valence-corrected chi connectivity index (χ0v) is 10.6. The maximum atomic E-state index is 10.5. The van der Waals surface area contributed by atoms with Crippen molar-refractivity contribution in [3.63, 3.8) is 0 Å². The molecule has 5 nitrogen and oxygen atoms in total. The van der Waals surface area contributed by atoms with E-state index in [0.29, 0.717) is 5.82 Å². The number of hydrogen-bond donors (Lipinski definition) is 2. The molecule has 2 N–H and O–H groups in total. The fourth-order valence-corrected chi connectivity index (χ4v) is 1.69. The summed E-state index contributed by atoms with van der Waals surface area (Å²) in [5.74, 6) is -0.417. The second-order valence-corrected chi connectivity index (χ2v) is 4.09. The third kappa shape index (κ3) is 3.51. The molecule has 5 heteroatoms. The Morgan fingerprint density at radius 2 is 2.00 bits per heavy atom. The second-order valence-electron chi connectivity index (χ2n) is 4.09. The SMILES string of the molecule is CCc1ccc(-c2cc(NCC(=O)O)ncn2)cc1. The van der Waals surface area contributed by atoms with E-state index in [4.69, 9.17) is 5.11 Å². The van der Waals surface area contributed by atoms with Gasteiger partial charge in [0.05, 0.1) is 5.69 Å². The molecule has 1 heterocycles. The number of carboxylic acids is 1. The predicted molar refractivity (Wildman–Crippen MR) is 73.0 cm³/mol. The second kappa shape index (κ2) is 5.95. The predicted octanol–water partition coefficient (Wildman–Crippen LogP) is 2.20. The fraction of sp³-hybridized carbons (Fsp3) is 0.214. The molecule has 98 valence electrons. The first-order valence-corrected chi connectivity index (χ1v) is 6.06. The summed E-state index contributed by atoms with van der Waals surface area (Å²) in [5, 5.41) is 11.3. The van der Waals surface area contributed by atoms with Crippen LogP contribution in [0.5, 0.6) is 0 Å². The number of carbonyl (C=O) groups is 1. The average Bonchev–Trinajstić information content (AvgIpc) is 2.45. The number of benzene rings is 1. The first-order chi connectivity index (χ1) is 9.19. The van der Waals surface area contributed by atoms with Crippen molar-refractivity contribution in [3.05, 3.63) is 42.2 Å². The van der Waals surface area contributed by atoms with Crippen molar-refractivity contribution in [1.29, 1.82) is 0 Å². The molecule has 1 aromatic carbocycles. The summed E-state index contributed by atoms with van der Waals surface area (Å²) >= 11 is 0. The molecule has 0 bridgehead atoms. The zero-order chi connectivity index (χ0) is 13.7. The van der Waals surface area contributed by atoms with Gasteiger partial charge in [-0.25, -0.2) is 9.97 Å². The first-order valence-electron chi connectivity index (χ1n) is 6.06. The molecule has 0 aliphatic rings. The van der Waals surface area contributed by atoms with E-state index in [0.717, 1.165) is 17.7 Å². The molecular formula is C14H15N3O2. The summed E-state index contributed by atoms with van der Waals surface area (Å²) in [7, 11) is 0. The van der Waals surface area contributed by atoms with Crippen LogP contribution in [0.2, 0.25) is 0 Å². The normalized spacial score (nSPS) is 10.2. The number of aromatic nitrogens is 2. The maximum Gasteiger partial charge on any atom is 0.322 e. The highest BCUT2D eigenvalue weighted by molar-refractivity contribution is 5.72. The highest BCUT2D eigenvalue weighted by atomic mass is 16.4. The molecule has 0 unspecified atom stereocenters. The van der Waals surface area contributed by atoms with Gasteiger partial charge in [0.1, 0.15) is 18.7 Å². The largest absolute Gasteiger partial charge is 0.480 e. The lowest BCUT2D eigenvalue weighted by molar-refractivity contribution is -0.134. The minimum absolute atomic E-state index is 0.161. The Bertz CT molecular complexity index is 567. The van der Waals surface area contributed by atoms with Crippen molar-refractivity contribution < 1.29 is 9.90 Å². The Morgan fingerprint density at radius 3 is 2.63 bits per heavy atom. The van der Waals surface area contributed by atoms with Crippen molar-refractivity contribution in [1.82, 2.24) is 9.97 Å². The van der Waals surface area contributed by atoms with Crippen molar-refractivity contribution in [2.24, 2.45) is 0 Å². The molecule has 2 rings (SSSR count). The van der Waals surface area contributed by atoms with Crippen LogP contribution < -0.4 is 5.32 Å². The number of nitrogens with zero attached hydrogens (tertiary/aromatic N) is 2. The van der Waals surface area contributed by atoms with E-state index in [1.165, 1.54) is 11.9 Å². The summed E-state index contributed by atoms with van der Waals surface area (Å²) in [4.78, 5) is 18.7. The Balaban J connectivity index is 2.19. The van der Waals surface area contributed by atoms with Crippen LogP contribution in [-0.4, -0.2) is 27.6 Å². The molecule has 0 aliphatic carbocycles. The van der Waals surface area contributed by atoms with Gasteiger partial charge in [-0.1, -0.05) is 31.2 Å². The van der Waals surface area contributed by atoms with Gasteiger partial charge in [-0.3, -0.25) is 4.79 Å². The third-order valence-corrected chi connectivity index (χ3v) is 2.75. The lowest BCUT2D eigenvalue weighted by Crippen LogP contribution is -2.13. The van der Waals surface area contributed by atoms with Crippen LogP contribution in [0.15, 0.2) is 36.7 Å². The van der Waals surface area contributed by atoms with Crippen LogP contribution >= 0.6 is 0 Å². The minimum Gasteiger partial charge on any atom is -0.480 e. The number of aliphatic carboxylic acids is 1. The molecule has 0 spiro atoms. The molecule has 1 aromatic heterocycles. The van der Waals surface area contributed by atoms with Gasteiger partial charge < -0.3 is 10.4 Å². The van der Waals surface area contributed by atoms with Gasteiger partial charge in [-0.05, 0) is 12.0 Å². The van der Waals surface area contributed by atoms with E-state index in [9.17, 15) is 4.79 Å². The summed E-state index contributed by atoms with van der Waals surface area (Å²) < 4.78 is 0. The topological polar surface area (TPSA) is 75.1 Å². The van der Waals surface area contributed by atoms with E-state index >= 15 is 0 Å². The lowest BCUT2D eigenvalue weighted by Gasteiger charge is -2.05.